The quantitative estimate of drug-likeness (QED) is 0.128. The van der Waals surface area contributed by atoms with Crippen LogP contribution in [0.1, 0.15) is 36.4 Å². The van der Waals surface area contributed by atoms with Gasteiger partial charge in [0, 0.05) is 49.4 Å². The van der Waals surface area contributed by atoms with Gasteiger partial charge in [-0.25, -0.2) is 4.39 Å². The minimum absolute atomic E-state index is 0. The van der Waals surface area contributed by atoms with Crippen LogP contribution in [0.2, 0.25) is 19.6 Å². The Morgan fingerprint density at radius 1 is 0.830 bits per heavy atom. The Labute approximate surface area is 296 Å². The molecule has 47 heavy (non-hydrogen) atoms. The number of pyridine rings is 2. The molecular formula is C41H37FIrN2OSi-2. The molecule has 3 nitrogen and oxygen atoms in total. The number of aryl methyl sites for hydroxylation is 1. The summed E-state index contributed by atoms with van der Waals surface area (Å²) in [7, 11) is -1.50. The van der Waals surface area contributed by atoms with E-state index in [1.807, 2.05) is 80.7 Å². The van der Waals surface area contributed by atoms with Crippen molar-refractivity contribution in [2.75, 3.05) is 0 Å². The van der Waals surface area contributed by atoms with Crippen LogP contribution in [0.15, 0.2) is 114 Å². The fourth-order valence-corrected chi connectivity index (χ4v) is 7.10. The van der Waals surface area contributed by atoms with Crippen LogP contribution in [0, 0.1) is 24.8 Å². The van der Waals surface area contributed by atoms with Gasteiger partial charge in [0.1, 0.15) is 11.4 Å². The maximum Gasteiger partial charge on any atom is 0.126 e. The third-order valence-corrected chi connectivity index (χ3v) is 9.89. The summed E-state index contributed by atoms with van der Waals surface area (Å²) in [6, 6.07) is 35.4. The Kier molecular flexibility index (Phi) is 8.79. The van der Waals surface area contributed by atoms with Crippen LogP contribution in [0.4, 0.5) is 4.39 Å². The van der Waals surface area contributed by atoms with Crippen molar-refractivity contribution < 1.29 is 34.4 Å². The number of halogens is 1. The second kappa shape index (κ2) is 14.3. The van der Waals surface area contributed by atoms with E-state index in [-0.39, 0.29) is 31.5 Å². The molecule has 3 heterocycles. The van der Waals surface area contributed by atoms with Gasteiger partial charge in [-0.15, -0.1) is 54.1 Å². The van der Waals surface area contributed by atoms with Gasteiger partial charge in [0.05, 0.1) is 13.7 Å². The van der Waals surface area contributed by atoms with Crippen molar-refractivity contribution in [3.8, 4) is 33.6 Å². The van der Waals surface area contributed by atoms with Crippen molar-refractivity contribution in [2.45, 2.75) is 46.2 Å². The zero-order valence-corrected chi connectivity index (χ0v) is 30.3. The van der Waals surface area contributed by atoms with E-state index >= 15 is 0 Å². The van der Waals surface area contributed by atoms with E-state index in [2.05, 4.69) is 47.8 Å². The summed E-state index contributed by atoms with van der Waals surface area (Å²) < 4.78 is 51.7. The first kappa shape index (κ1) is 29.0. The summed E-state index contributed by atoms with van der Waals surface area (Å²) >= 11 is 0. The van der Waals surface area contributed by atoms with E-state index in [4.69, 9.17) is 9.90 Å². The first-order valence-corrected chi connectivity index (χ1v) is 18.7. The van der Waals surface area contributed by atoms with Crippen molar-refractivity contribution in [1.82, 2.24) is 9.97 Å². The molecule has 0 fully saturated rings. The molecule has 0 saturated carbocycles. The number of benzene rings is 4. The smallest absolute Gasteiger partial charge is 0.126 e. The molecule has 0 unspecified atom stereocenters. The standard InChI is InChI=1S/C24H15FNO.C17H22NSi.Ir/c1-15-14-26-22(13-21(15)16-6-3-2-4-7-16)20-9-5-8-19-18-11-10-17(25)12-23(18)27-24(19)20;1-13(2)15-11-16(14-9-7-6-8-10-14)18-12-17(15)19(3,4)5;/h2-8,10-14H,1H3;6-9,11-13H,1-5H3;/q2*-1;/i1D3;13D;. The molecule has 1 radical (unpaired) electrons. The molecule has 0 atom stereocenters. The SMILES string of the molecule is [2H]C(C)(C)c1cc(-c2[c-]cccc2)ncc1[Si](C)(C)C.[2H]C([2H])([2H])c1cnc(-c2[c-]ccc3c2oc2cc(F)ccc23)cc1-c1ccccc1.[Ir]. The largest absolute Gasteiger partial charge is 0.500 e. The number of furan rings is 1. The number of aromatic nitrogens is 2. The second-order valence-electron chi connectivity index (χ2n) is 12.5. The molecule has 239 valence electrons. The number of hydrogen-bond donors (Lipinski definition) is 0. The van der Waals surface area contributed by atoms with E-state index in [1.165, 1.54) is 23.5 Å². The molecule has 4 aromatic carbocycles. The molecule has 0 aliphatic carbocycles. The predicted molar refractivity (Wildman–Crippen MR) is 191 cm³/mol. The average molecular weight is 817 g/mol. The maximum absolute atomic E-state index is 13.7. The Morgan fingerprint density at radius 2 is 1.60 bits per heavy atom. The van der Waals surface area contributed by atoms with Crippen LogP contribution in [0.25, 0.3) is 55.6 Å². The predicted octanol–water partition coefficient (Wildman–Crippen LogP) is 10.8. The van der Waals surface area contributed by atoms with Gasteiger partial charge in [-0.2, -0.15) is 0 Å². The topological polar surface area (TPSA) is 38.9 Å². The van der Waals surface area contributed by atoms with Gasteiger partial charge in [0.25, 0.3) is 0 Å². The third-order valence-electron chi connectivity index (χ3n) is 7.88. The molecule has 0 aliphatic rings. The van der Waals surface area contributed by atoms with Crippen LogP contribution < -0.4 is 5.19 Å². The zero-order chi connectivity index (χ0) is 35.8. The summed E-state index contributed by atoms with van der Waals surface area (Å²) in [5.74, 6) is -0.985. The summed E-state index contributed by atoms with van der Waals surface area (Å²) in [5, 5.41) is 2.89. The molecule has 0 N–H and O–H groups in total. The van der Waals surface area contributed by atoms with Gasteiger partial charge in [0.2, 0.25) is 0 Å². The minimum Gasteiger partial charge on any atom is -0.500 e. The summed E-state index contributed by atoms with van der Waals surface area (Å²) in [6.07, 6.45) is 3.37. The summed E-state index contributed by atoms with van der Waals surface area (Å²) in [6.45, 7) is 8.49. The van der Waals surface area contributed by atoms with E-state index in [0.29, 0.717) is 28.0 Å². The van der Waals surface area contributed by atoms with E-state index in [9.17, 15) is 4.39 Å². The van der Waals surface area contributed by atoms with Gasteiger partial charge in [-0.05, 0) is 58.1 Å². The molecule has 0 aliphatic heterocycles. The van der Waals surface area contributed by atoms with E-state index in [0.717, 1.165) is 33.2 Å². The number of fused-ring (bicyclic) bond motifs is 3. The van der Waals surface area contributed by atoms with E-state index in [1.54, 1.807) is 18.2 Å². The Bertz CT molecular complexity index is 2300. The van der Waals surface area contributed by atoms with Crippen molar-refractivity contribution in [3.63, 3.8) is 0 Å². The zero-order valence-electron chi connectivity index (χ0n) is 30.9. The third kappa shape index (κ3) is 7.36. The fourth-order valence-electron chi connectivity index (χ4n) is 5.52. The molecule has 6 heteroatoms. The molecule has 7 rings (SSSR count). The second-order valence-corrected chi connectivity index (χ2v) is 17.5. The molecule has 0 saturated heterocycles. The van der Waals surface area contributed by atoms with Crippen LogP contribution in [0.5, 0.6) is 0 Å². The number of hydrogen-bond acceptors (Lipinski definition) is 3. The van der Waals surface area contributed by atoms with Crippen LogP contribution in [0.3, 0.4) is 0 Å². The maximum atomic E-state index is 13.7. The fraction of sp³-hybridized carbons (Fsp3) is 0.171. The van der Waals surface area contributed by atoms with Crippen molar-refractivity contribution >= 4 is 35.2 Å². The van der Waals surface area contributed by atoms with Gasteiger partial charge in [0.15, 0.2) is 0 Å². The first-order chi connectivity index (χ1) is 23.6. The minimum atomic E-state index is -2.30. The molecule has 3 aromatic heterocycles. The van der Waals surface area contributed by atoms with Crippen molar-refractivity contribution in [3.05, 3.63) is 139 Å². The van der Waals surface area contributed by atoms with E-state index < -0.39 is 20.8 Å². The van der Waals surface area contributed by atoms with Crippen LogP contribution in [-0.2, 0) is 20.1 Å². The average Bonchev–Trinajstić information content (AvgIpc) is 3.45. The van der Waals surface area contributed by atoms with Crippen molar-refractivity contribution in [2.24, 2.45) is 0 Å². The summed E-state index contributed by atoms with van der Waals surface area (Å²) in [4.78, 5) is 9.02. The molecule has 0 amide bonds. The normalized spacial score (nSPS) is 13.1. The Hall–Kier alpha value is -4.22. The molecular weight excluding hydrogens is 776 g/mol. The number of rotatable bonds is 5. The van der Waals surface area contributed by atoms with Gasteiger partial charge in [-0.1, -0.05) is 92.5 Å². The monoisotopic (exact) mass is 817 g/mol. The molecule has 0 spiro atoms. The molecule has 7 aromatic rings. The molecule has 0 bridgehead atoms. The van der Waals surface area contributed by atoms with Crippen molar-refractivity contribution in [1.29, 1.82) is 0 Å². The van der Waals surface area contributed by atoms with Crippen LogP contribution in [-0.4, -0.2) is 18.0 Å². The van der Waals surface area contributed by atoms with Gasteiger partial charge < -0.3 is 14.4 Å². The first-order valence-electron chi connectivity index (χ1n) is 17.2. The summed E-state index contributed by atoms with van der Waals surface area (Å²) in [5.41, 5.74) is 6.63. The van der Waals surface area contributed by atoms with Crippen LogP contribution >= 0.6 is 0 Å². The van der Waals surface area contributed by atoms with Gasteiger partial charge in [-0.3, -0.25) is 0 Å². The number of nitrogens with zero attached hydrogens (tertiary/aromatic N) is 2. The van der Waals surface area contributed by atoms with Gasteiger partial charge >= 0.3 is 0 Å². The Balaban J connectivity index is 0.000000211. The Morgan fingerprint density at radius 3 is 2.30 bits per heavy atom.